The van der Waals surface area contributed by atoms with E-state index in [4.69, 9.17) is 4.74 Å². The van der Waals surface area contributed by atoms with Crippen LogP contribution in [-0.4, -0.2) is 34.1 Å². The van der Waals surface area contributed by atoms with Crippen molar-refractivity contribution in [2.45, 2.75) is 25.5 Å². The number of aromatic nitrogens is 2. The number of likely N-dealkylation sites (tertiary alicyclic amines) is 1. The van der Waals surface area contributed by atoms with Crippen LogP contribution in [0, 0.1) is 0 Å². The van der Waals surface area contributed by atoms with E-state index in [0.717, 1.165) is 43.6 Å². The summed E-state index contributed by atoms with van der Waals surface area (Å²) in [5.41, 5.74) is 1.21. The Labute approximate surface area is 146 Å². The Morgan fingerprint density at radius 2 is 2.08 bits per heavy atom. The van der Waals surface area contributed by atoms with Crippen LogP contribution < -0.4 is 10.3 Å². The summed E-state index contributed by atoms with van der Waals surface area (Å²) in [6.07, 6.45) is 7.71. The molecular weight excluding hydrogens is 314 g/mol. The summed E-state index contributed by atoms with van der Waals surface area (Å²) in [5.74, 6) is 0.828. The zero-order valence-electron chi connectivity index (χ0n) is 14.0. The molecule has 128 valence electrons. The number of benzene rings is 1. The van der Waals surface area contributed by atoms with E-state index in [-0.39, 0.29) is 11.7 Å². The molecule has 1 aliphatic heterocycles. The van der Waals surface area contributed by atoms with E-state index in [0.29, 0.717) is 5.39 Å². The molecule has 0 aliphatic carbocycles. The summed E-state index contributed by atoms with van der Waals surface area (Å²) >= 11 is 0. The van der Waals surface area contributed by atoms with Gasteiger partial charge in [-0.25, -0.2) is 0 Å². The number of nitrogens with one attached hydrogen (secondary N) is 1. The third kappa shape index (κ3) is 3.72. The third-order valence-corrected chi connectivity index (χ3v) is 4.67. The molecule has 1 saturated heterocycles. The van der Waals surface area contributed by atoms with Gasteiger partial charge in [0.1, 0.15) is 11.9 Å². The largest absolute Gasteiger partial charge is 0.489 e. The van der Waals surface area contributed by atoms with Crippen molar-refractivity contribution in [3.05, 3.63) is 70.9 Å². The number of H-pyrrole nitrogens is 1. The molecule has 25 heavy (non-hydrogen) atoms. The highest BCUT2D eigenvalue weighted by Crippen LogP contribution is 2.22. The molecule has 3 heterocycles. The number of piperidine rings is 1. The van der Waals surface area contributed by atoms with Crippen molar-refractivity contribution in [1.29, 1.82) is 0 Å². The maximum Gasteiger partial charge on any atom is 0.255 e. The number of rotatable bonds is 4. The van der Waals surface area contributed by atoms with Gasteiger partial charge in [0.25, 0.3) is 5.56 Å². The maximum atomic E-state index is 11.8. The number of aromatic amines is 1. The second kappa shape index (κ2) is 7.07. The normalized spacial score (nSPS) is 18.3. The van der Waals surface area contributed by atoms with E-state index in [1.165, 1.54) is 5.56 Å². The fourth-order valence-corrected chi connectivity index (χ4v) is 3.44. The lowest BCUT2D eigenvalue weighted by Crippen LogP contribution is -2.40. The Balaban J connectivity index is 1.44. The number of nitrogens with zero attached hydrogens (tertiary/aromatic N) is 2. The van der Waals surface area contributed by atoms with Crippen molar-refractivity contribution in [1.82, 2.24) is 14.9 Å². The van der Waals surface area contributed by atoms with Crippen LogP contribution in [0.25, 0.3) is 10.8 Å². The Morgan fingerprint density at radius 3 is 2.96 bits per heavy atom. The molecule has 0 saturated carbocycles. The molecule has 1 unspecified atom stereocenters. The molecule has 0 radical (unpaired) electrons. The van der Waals surface area contributed by atoms with Crippen LogP contribution in [0.3, 0.4) is 0 Å². The van der Waals surface area contributed by atoms with Crippen molar-refractivity contribution in [2.75, 3.05) is 13.1 Å². The van der Waals surface area contributed by atoms with Gasteiger partial charge in [-0.05, 0) is 66.7 Å². The number of hydrogen-bond acceptors (Lipinski definition) is 4. The van der Waals surface area contributed by atoms with Crippen LogP contribution in [0.2, 0.25) is 0 Å². The molecule has 0 spiro atoms. The molecule has 2 aromatic heterocycles. The van der Waals surface area contributed by atoms with Crippen molar-refractivity contribution in [3.8, 4) is 5.75 Å². The minimum absolute atomic E-state index is 0.0646. The van der Waals surface area contributed by atoms with Crippen LogP contribution in [0.4, 0.5) is 0 Å². The van der Waals surface area contributed by atoms with Gasteiger partial charge in [0.15, 0.2) is 0 Å². The van der Waals surface area contributed by atoms with Gasteiger partial charge >= 0.3 is 0 Å². The Bertz CT molecular complexity index is 907. The first kappa shape index (κ1) is 15.8. The Hall–Kier alpha value is -2.66. The Kier molecular flexibility index (Phi) is 4.48. The van der Waals surface area contributed by atoms with Gasteiger partial charge in [-0.3, -0.25) is 14.7 Å². The summed E-state index contributed by atoms with van der Waals surface area (Å²) in [6, 6.07) is 11.7. The van der Waals surface area contributed by atoms with Gasteiger partial charge in [-0.2, -0.15) is 0 Å². The first-order chi connectivity index (χ1) is 12.3. The second-order valence-electron chi connectivity index (χ2n) is 6.53. The van der Waals surface area contributed by atoms with Gasteiger partial charge in [0.05, 0.1) is 0 Å². The van der Waals surface area contributed by atoms with Gasteiger partial charge in [0, 0.05) is 37.1 Å². The smallest absolute Gasteiger partial charge is 0.255 e. The van der Waals surface area contributed by atoms with E-state index in [9.17, 15) is 4.79 Å². The van der Waals surface area contributed by atoms with Crippen LogP contribution in [0.5, 0.6) is 5.75 Å². The maximum absolute atomic E-state index is 11.8. The third-order valence-electron chi connectivity index (χ3n) is 4.67. The molecule has 5 heteroatoms. The lowest BCUT2D eigenvalue weighted by molar-refractivity contribution is 0.0844. The fraction of sp³-hybridized carbons (Fsp3) is 0.300. The standard InChI is InChI=1S/C20H21N3O2/c24-20-19-4-3-17(12-16(19)7-10-22-20)25-18-2-1-11-23(14-18)13-15-5-8-21-9-6-15/h3-10,12,18H,1-2,11,13-14H2,(H,22,24). The molecule has 1 aromatic carbocycles. The summed E-state index contributed by atoms with van der Waals surface area (Å²) in [5, 5.41) is 1.60. The SMILES string of the molecule is O=c1[nH]ccc2cc(OC3CCCN(Cc4ccncc4)C3)ccc12. The van der Waals surface area contributed by atoms with Crippen molar-refractivity contribution in [2.24, 2.45) is 0 Å². The predicted octanol–water partition coefficient (Wildman–Crippen LogP) is 2.97. The zero-order valence-corrected chi connectivity index (χ0v) is 14.0. The summed E-state index contributed by atoms with van der Waals surface area (Å²) in [4.78, 5) is 21.0. The van der Waals surface area contributed by atoms with Crippen molar-refractivity contribution in [3.63, 3.8) is 0 Å². The number of fused-ring (bicyclic) bond motifs is 1. The Morgan fingerprint density at radius 1 is 1.20 bits per heavy atom. The molecule has 4 rings (SSSR count). The van der Waals surface area contributed by atoms with E-state index in [2.05, 4.69) is 27.0 Å². The number of hydrogen-bond donors (Lipinski definition) is 1. The molecule has 0 bridgehead atoms. The zero-order chi connectivity index (χ0) is 17.1. The first-order valence-electron chi connectivity index (χ1n) is 8.67. The molecule has 5 nitrogen and oxygen atoms in total. The van der Waals surface area contributed by atoms with Gasteiger partial charge < -0.3 is 9.72 Å². The molecule has 3 aromatic rings. The van der Waals surface area contributed by atoms with E-state index in [1.807, 2.05) is 36.7 Å². The van der Waals surface area contributed by atoms with E-state index in [1.54, 1.807) is 6.20 Å². The summed E-state index contributed by atoms with van der Waals surface area (Å²) < 4.78 is 6.20. The highest BCUT2D eigenvalue weighted by molar-refractivity contribution is 5.82. The summed E-state index contributed by atoms with van der Waals surface area (Å²) in [6.45, 7) is 2.93. The average molecular weight is 335 g/mol. The van der Waals surface area contributed by atoms with E-state index >= 15 is 0 Å². The van der Waals surface area contributed by atoms with Gasteiger partial charge in [0.2, 0.25) is 0 Å². The van der Waals surface area contributed by atoms with Crippen LogP contribution in [0.1, 0.15) is 18.4 Å². The molecule has 1 fully saturated rings. The monoisotopic (exact) mass is 335 g/mol. The highest BCUT2D eigenvalue weighted by Gasteiger charge is 2.21. The fourth-order valence-electron chi connectivity index (χ4n) is 3.44. The van der Waals surface area contributed by atoms with Gasteiger partial charge in [-0.15, -0.1) is 0 Å². The quantitative estimate of drug-likeness (QED) is 0.796. The van der Waals surface area contributed by atoms with Crippen molar-refractivity contribution < 1.29 is 4.74 Å². The first-order valence-corrected chi connectivity index (χ1v) is 8.67. The molecule has 0 amide bonds. The highest BCUT2D eigenvalue weighted by atomic mass is 16.5. The lowest BCUT2D eigenvalue weighted by Gasteiger charge is -2.33. The minimum atomic E-state index is -0.0646. The molecule has 1 aliphatic rings. The molecule has 1 N–H and O–H groups in total. The molecule has 1 atom stereocenters. The van der Waals surface area contributed by atoms with Crippen LogP contribution in [-0.2, 0) is 6.54 Å². The van der Waals surface area contributed by atoms with Gasteiger partial charge in [-0.1, -0.05) is 0 Å². The average Bonchev–Trinajstić information content (AvgIpc) is 2.63. The summed E-state index contributed by atoms with van der Waals surface area (Å²) in [7, 11) is 0. The number of pyridine rings is 2. The lowest BCUT2D eigenvalue weighted by atomic mass is 10.1. The van der Waals surface area contributed by atoms with Crippen molar-refractivity contribution >= 4 is 10.8 Å². The molecular formula is C20H21N3O2. The predicted molar refractivity (Wildman–Crippen MR) is 97.7 cm³/mol. The minimum Gasteiger partial charge on any atom is -0.489 e. The second-order valence-corrected chi connectivity index (χ2v) is 6.53. The van der Waals surface area contributed by atoms with E-state index < -0.39 is 0 Å². The number of ether oxygens (including phenoxy) is 1. The van der Waals surface area contributed by atoms with Crippen LogP contribution in [0.15, 0.2) is 59.8 Å². The topological polar surface area (TPSA) is 58.2 Å². The van der Waals surface area contributed by atoms with Crippen LogP contribution >= 0.6 is 0 Å².